The van der Waals surface area contributed by atoms with E-state index in [-0.39, 0.29) is 6.04 Å². The Hall–Kier alpha value is -1.59. The first kappa shape index (κ1) is 15.5. The molecular formula is C14H24N4O. The Bertz CT molecular complexity index is 389. The number of hydrazine groups is 1. The molecule has 0 saturated heterocycles. The summed E-state index contributed by atoms with van der Waals surface area (Å²) in [5, 5.41) is 3.15. The lowest BCUT2D eigenvalue weighted by molar-refractivity contribution is 0.185. The molecule has 0 bridgehead atoms. The number of benzene rings is 1. The molecule has 19 heavy (non-hydrogen) atoms. The van der Waals surface area contributed by atoms with Crippen molar-refractivity contribution in [3.8, 4) is 0 Å². The van der Waals surface area contributed by atoms with Crippen molar-refractivity contribution in [1.82, 2.24) is 5.43 Å². The average molecular weight is 264 g/mol. The molecule has 5 nitrogen and oxygen atoms in total. The number of aliphatic imine (C=N–C) groups is 1. The van der Waals surface area contributed by atoms with Gasteiger partial charge in [0.05, 0.1) is 12.6 Å². The third-order valence-electron chi connectivity index (χ3n) is 2.65. The number of ether oxygens (including phenoxy) is 1. The molecule has 0 amide bonds. The highest BCUT2D eigenvalue weighted by atomic mass is 16.5. The van der Waals surface area contributed by atoms with Crippen LogP contribution in [0, 0.1) is 0 Å². The minimum atomic E-state index is 0.0444. The van der Waals surface area contributed by atoms with E-state index in [0.29, 0.717) is 12.6 Å². The quantitative estimate of drug-likeness (QED) is 0.318. The minimum absolute atomic E-state index is 0.0444. The topological polar surface area (TPSA) is 71.7 Å². The second-order valence-electron chi connectivity index (χ2n) is 4.50. The van der Waals surface area contributed by atoms with Gasteiger partial charge in [-0.1, -0.05) is 25.5 Å². The second-order valence-corrected chi connectivity index (χ2v) is 4.50. The van der Waals surface area contributed by atoms with Gasteiger partial charge in [0.2, 0.25) is 5.96 Å². The Balaban J connectivity index is 2.64. The molecule has 1 aromatic carbocycles. The maximum atomic E-state index is 5.46. The van der Waals surface area contributed by atoms with Gasteiger partial charge in [-0.15, -0.1) is 0 Å². The molecule has 106 valence electrons. The third-order valence-corrected chi connectivity index (χ3v) is 2.65. The number of nitrogens with zero attached hydrogens (tertiary/aromatic N) is 1. The van der Waals surface area contributed by atoms with Crippen molar-refractivity contribution in [3.63, 3.8) is 0 Å². The van der Waals surface area contributed by atoms with Gasteiger partial charge in [-0.2, -0.15) is 0 Å². The number of hydrogen-bond acceptors (Lipinski definition) is 3. The first-order chi connectivity index (χ1) is 9.19. The van der Waals surface area contributed by atoms with E-state index < -0.39 is 0 Å². The molecule has 0 aromatic heterocycles. The van der Waals surface area contributed by atoms with Crippen LogP contribution in [0.15, 0.2) is 29.3 Å². The highest BCUT2D eigenvalue weighted by Gasteiger charge is 2.02. The second kappa shape index (κ2) is 8.50. The Morgan fingerprint density at radius 3 is 2.58 bits per heavy atom. The molecule has 0 aliphatic rings. The zero-order valence-electron chi connectivity index (χ0n) is 11.9. The standard InChI is InChI=1S/C14H24N4O/c1-4-5-12-6-8-13(9-7-12)17-14(18-15)16-11(2)10-19-3/h6-9,11H,4-5,10,15H2,1-3H3,(H2,16,17,18). The first-order valence-corrected chi connectivity index (χ1v) is 6.59. The molecule has 0 radical (unpaired) electrons. The molecule has 1 rings (SSSR count). The molecule has 0 spiro atoms. The molecule has 1 atom stereocenters. The number of anilines is 1. The van der Waals surface area contributed by atoms with Crippen LogP contribution >= 0.6 is 0 Å². The molecular weight excluding hydrogens is 240 g/mol. The number of methoxy groups -OCH3 is 1. The molecule has 5 heteroatoms. The monoisotopic (exact) mass is 264 g/mol. The van der Waals surface area contributed by atoms with Crippen molar-refractivity contribution in [1.29, 1.82) is 0 Å². The van der Waals surface area contributed by atoms with Crippen molar-refractivity contribution in [2.24, 2.45) is 10.8 Å². The minimum Gasteiger partial charge on any atom is -0.382 e. The predicted molar refractivity (Wildman–Crippen MR) is 80.2 cm³/mol. The molecule has 0 aliphatic carbocycles. The predicted octanol–water partition coefficient (Wildman–Crippen LogP) is 1.91. The summed E-state index contributed by atoms with van der Waals surface area (Å²) in [7, 11) is 1.65. The van der Waals surface area contributed by atoms with Gasteiger partial charge in [0.1, 0.15) is 0 Å². The average Bonchev–Trinajstić information content (AvgIpc) is 2.40. The highest BCUT2D eigenvalue weighted by Crippen LogP contribution is 2.11. The summed E-state index contributed by atoms with van der Waals surface area (Å²) in [6.07, 6.45) is 2.25. The van der Waals surface area contributed by atoms with Gasteiger partial charge in [-0.25, -0.2) is 10.8 Å². The third kappa shape index (κ3) is 5.72. The fourth-order valence-electron chi connectivity index (χ4n) is 1.78. The van der Waals surface area contributed by atoms with Crippen LogP contribution in [0.5, 0.6) is 0 Å². The number of nitrogens with two attached hydrogens (primary N) is 1. The van der Waals surface area contributed by atoms with Crippen LogP contribution in [-0.2, 0) is 11.2 Å². The van der Waals surface area contributed by atoms with E-state index in [0.717, 1.165) is 18.5 Å². The largest absolute Gasteiger partial charge is 0.382 e. The smallest absolute Gasteiger partial charge is 0.210 e. The Labute approximate surface area is 115 Å². The highest BCUT2D eigenvalue weighted by molar-refractivity contribution is 5.93. The summed E-state index contributed by atoms with van der Waals surface area (Å²) in [6, 6.07) is 8.32. The van der Waals surface area contributed by atoms with Crippen molar-refractivity contribution in [3.05, 3.63) is 29.8 Å². The van der Waals surface area contributed by atoms with Gasteiger partial charge < -0.3 is 10.1 Å². The van der Waals surface area contributed by atoms with E-state index in [2.05, 4.69) is 34.8 Å². The molecule has 1 aromatic rings. The molecule has 0 saturated carbocycles. The van der Waals surface area contributed by atoms with Crippen LogP contribution in [-0.4, -0.2) is 25.7 Å². The van der Waals surface area contributed by atoms with Crippen LogP contribution in [0.4, 0.5) is 5.69 Å². The van der Waals surface area contributed by atoms with Crippen LogP contribution in [0.2, 0.25) is 0 Å². The summed E-state index contributed by atoms with van der Waals surface area (Å²) in [5.74, 6) is 5.99. The molecule has 0 fully saturated rings. The zero-order chi connectivity index (χ0) is 14.1. The summed E-state index contributed by atoms with van der Waals surface area (Å²) in [6.45, 7) is 4.70. The molecule has 1 unspecified atom stereocenters. The van der Waals surface area contributed by atoms with Crippen LogP contribution in [0.1, 0.15) is 25.8 Å². The van der Waals surface area contributed by atoms with Crippen LogP contribution in [0.25, 0.3) is 0 Å². The van der Waals surface area contributed by atoms with Crippen molar-refractivity contribution in [2.75, 3.05) is 19.0 Å². The molecule has 0 aliphatic heterocycles. The fourth-order valence-corrected chi connectivity index (χ4v) is 1.78. The summed E-state index contributed by atoms with van der Waals surface area (Å²) in [4.78, 5) is 4.38. The number of rotatable bonds is 6. The lowest BCUT2D eigenvalue weighted by Gasteiger charge is -2.12. The fraction of sp³-hybridized carbons (Fsp3) is 0.500. The SMILES string of the molecule is CCCc1ccc(NC(=NC(C)COC)NN)cc1. The Morgan fingerprint density at radius 2 is 2.05 bits per heavy atom. The van der Waals surface area contributed by atoms with E-state index in [1.807, 2.05) is 19.1 Å². The molecule has 0 heterocycles. The lowest BCUT2D eigenvalue weighted by atomic mass is 10.1. The number of nitrogens with one attached hydrogen (secondary N) is 2. The normalized spacial score (nSPS) is 13.2. The van der Waals surface area contributed by atoms with Gasteiger partial charge in [0, 0.05) is 12.8 Å². The number of guanidine groups is 1. The first-order valence-electron chi connectivity index (χ1n) is 6.59. The van der Waals surface area contributed by atoms with Crippen LogP contribution in [0.3, 0.4) is 0 Å². The molecule has 4 N–H and O–H groups in total. The van der Waals surface area contributed by atoms with E-state index in [1.54, 1.807) is 7.11 Å². The number of hydrogen-bond donors (Lipinski definition) is 3. The summed E-state index contributed by atoms with van der Waals surface area (Å²) < 4.78 is 5.04. The van der Waals surface area contributed by atoms with Crippen molar-refractivity contribution >= 4 is 11.6 Å². The van der Waals surface area contributed by atoms with Gasteiger partial charge in [0.25, 0.3) is 0 Å². The van der Waals surface area contributed by atoms with Crippen molar-refractivity contribution < 1.29 is 4.74 Å². The van der Waals surface area contributed by atoms with E-state index in [9.17, 15) is 0 Å². The lowest BCUT2D eigenvalue weighted by Crippen LogP contribution is -2.37. The summed E-state index contributed by atoms with van der Waals surface area (Å²) in [5.41, 5.74) is 4.86. The van der Waals surface area contributed by atoms with Gasteiger partial charge in [0.15, 0.2) is 0 Å². The van der Waals surface area contributed by atoms with E-state index >= 15 is 0 Å². The zero-order valence-corrected chi connectivity index (χ0v) is 11.9. The van der Waals surface area contributed by atoms with E-state index in [4.69, 9.17) is 10.6 Å². The van der Waals surface area contributed by atoms with Crippen molar-refractivity contribution in [2.45, 2.75) is 32.7 Å². The Morgan fingerprint density at radius 1 is 1.37 bits per heavy atom. The van der Waals surface area contributed by atoms with Gasteiger partial charge in [-0.05, 0) is 31.0 Å². The summed E-state index contributed by atoms with van der Waals surface area (Å²) >= 11 is 0. The number of aryl methyl sites for hydroxylation is 1. The van der Waals surface area contributed by atoms with Crippen LogP contribution < -0.4 is 16.6 Å². The van der Waals surface area contributed by atoms with Gasteiger partial charge in [-0.3, -0.25) is 5.43 Å². The maximum absolute atomic E-state index is 5.46. The van der Waals surface area contributed by atoms with E-state index in [1.165, 1.54) is 5.56 Å². The van der Waals surface area contributed by atoms with Gasteiger partial charge >= 0.3 is 0 Å². The Kier molecular flexibility index (Phi) is 6.92. The maximum Gasteiger partial charge on any atom is 0.210 e.